The molecule has 0 atom stereocenters. The van der Waals surface area contributed by atoms with E-state index in [0.717, 1.165) is 34.2 Å². The van der Waals surface area contributed by atoms with E-state index in [1.54, 1.807) is 14.2 Å². The van der Waals surface area contributed by atoms with Gasteiger partial charge in [-0.1, -0.05) is 30.3 Å². The quantitative estimate of drug-likeness (QED) is 0.280. The number of aliphatic imine (C=N–C) groups is 1. The minimum atomic E-state index is 0. The van der Waals surface area contributed by atoms with Crippen molar-refractivity contribution >= 4 is 29.9 Å². The molecule has 0 spiro atoms. The van der Waals surface area contributed by atoms with Crippen LogP contribution in [0.4, 0.5) is 0 Å². The Morgan fingerprint density at radius 3 is 2.68 bits per heavy atom. The van der Waals surface area contributed by atoms with E-state index in [2.05, 4.69) is 55.1 Å². The van der Waals surface area contributed by atoms with Crippen molar-refractivity contribution < 1.29 is 4.74 Å². The SMILES string of the molecule is CN=C(NCc1cccc(-c2ncn[nH]2)c1)NCc1ccc(C)cc1OC.I. The van der Waals surface area contributed by atoms with Gasteiger partial charge >= 0.3 is 0 Å². The highest BCUT2D eigenvalue weighted by molar-refractivity contribution is 14.0. The van der Waals surface area contributed by atoms with Crippen molar-refractivity contribution in [1.82, 2.24) is 25.8 Å². The highest BCUT2D eigenvalue weighted by atomic mass is 127. The summed E-state index contributed by atoms with van der Waals surface area (Å²) in [5, 5.41) is 13.4. The Morgan fingerprint density at radius 1 is 1.14 bits per heavy atom. The number of benzene rings is 2. The zero-order valence-corrected chi connectivity index (χ0v) is 18.5. The normalized spacial score (nSPS) is 10.9. The van der Waals surface area contributed by atoms with Crippen LogP contribution in [0.15, 0.2) is 53.8 Å². The smallest absolute Gasteiger partial charge is 0.191 e. The molecular weight excluding hydrogens is 467 g/mol. The molecule has 1 aromatic heterocycles. The minimum absolute atomic E-state index is 0. The first-order chi connectivity index (χ1) is 13.2. The number of nitrogens with one attached hydrogen (secondary N) is 3. The summed E-state index contributed by atoms with van der Waals surface area (Å²) >= 11 is 0. The molecule has 0 aliphatic heterocycles. The van der Waals surface area contributed by atoms with Crippen LogP contribution in [0.2, 0.25) is 0 Å². The summed E-state index contributed by atoms with van der Waals surface area (Å²) < 4.78 is 5.46. The van der Waals surface area contributed by atoms with Gasteiger partial charge < -0.3 is 15.4 Å². The summed E-state index contributed by atoms with van der Waals surface area (Å²) in [6, 6.07) is 14.3. The average Bonchev–Trinajstić information content (AvgIpc) is 3.24. The lowest BCUT2D eigenvalue weighted by molar-refractivity contribution is 0.408. The van der Waals surface area contributed by atoms with Crippen LogP contribution in [0.25, 0.3) is 11.4 Å². The molecule has 0 aliphatic rings. The topological polar surface area (TPSA) is 87.2 Å². The molecule has 3 N–H and O–H groups in total. The molecule has 2 aromatic carbocycles. The number of ether oxygens (including phenoxy) is 1. The van der Waals surface area contributed by atoms with Crippen molar-refractivity contribution in [2.24, 2.45) is 4.99 Å². The maximum absolute atomic E-state index is 5.46. The fraction of sp³-hybridized carbons (Fsp3) is 0.250. The van der Waals surface area contributed by atoms with Gasteiger partial charge in [0.15, 0.2) is 11.8 Å². The van der Waals surface area contributed by atoms with Crippen LogP contribution in [0.3, 0.4) is 0 Å². The number of methoxy groups -OCH3 is 1. The van der Waals surface area contributed by atoms with Gasteiger partial charge in [-0.05, 0) is 30.2 Å². The van der Waals surface area contributed by atoms with E-state index in [4.69, 9.17) is 4.74 Å². The van der Waals surface area contributed by atoms with E-state index in [0.29, 0.717) is 13.1 Å². The lowest BCUT2D eigenvalue weighted by Crippen LogP contribution is -2.36. The zero-order chi connectivity index (χ0) is 19.1. The van der Waals surface area contributed by atoms with E-state index < -0.39 is 0 Å². The van der Waals surface area contributed by atoms with Gasteiger partial charge in [0.25, 0.3) is 0 Å². The third-order valence-electron chi connectivity index (χ3n) is 4.19. The van der Waals surface area contributed by atoms with E-state index >= 15 is 0 Å². The van der Waals surface area contributed by atoms with Crippen molar-refractivity contribution in [2.75, 3.05) is 14.2 Å². The summed E-state index contributed by atoms with van der Waals surface area (Å²) in [6.45, 7) is 3.32. The molecule has 0 bridgehead atoms. The van der Waals surface area contributed by atoms with Gasteiger partial charge in [-0.15, -0.1) is 24.0 Å². The Balaban J connectivity index is 0.00000280. The van der Waals surface area contributed by atoms with Crippen LogP contribution in [-0.4, -0.2) is 35.3 Å². The molecule has 0 saturated heterocycles. The van der Waals surface area contributed by atoms with E-state index in [1.165, 1.54) is 11.9 Å². The summed E-state index contributed by atoms with van der Waals surface area (Å²) in [5.74, 6) is 2.35. The standard InChI is InChI=1S/C20H24N6O.HI/c1-14-7-8-17(18(9-14)27-3)12-23-20(21-2)22-11-15-5-4-6-16(10-15)19-24-13-25-26-19;/h4-10,13H,11-12H2,1-3H3,(H2,21,22,23)(H,24,25,26);1H. The summed E-state index contributed by atoms with van der Waals surface area (Å²) in [6.07, 6.45) is 1.51. The number of halogens is 1. The largest absolute Gasteiger partial charge is 0.496 e. The summed E-state index contributed by atoms with van der Waals surface area (Å²) in [4.78, 5) is 8.48. The van der Waals surface area contributed by atoms with Gasteiger partial charge in [-0.3, -0.25) is 10.1 Å². The molecule has 28 heavy (non-hydrogen) atoms. The Kier molecular flexibility index (Phi) is 8.24. The molecule has 1 heterocycles. The Labute approximate surface area is 182 Å². The van der Waals surface area contributed by atoms with Crippen molar-refractivity contribution in [1.29, 1.82) is 0 Å². The first kappa shape index (κ1) is 21.7. The minimum Gasteiger partial charge on any atom is -0.496 e. The number of rotatable bonds is 6. The number of guanidine groups is 1. The van der Waals surface area contributed by atoms with E-state index in [1.807, 2.05) is 25.1 Å². The van der Waals surface area contributed by atoms with Gasteiger partial charge in [0, 0.05) is 31.3 Å². The van der Waals surface area contributed by atoms with Crippen LogP contribution in [-0.2, 0) is 13.1 Å². The van der Waals surface area contributed by atoms with Crippen molar-refractivity contribution in [2.45, 2.75) is 20.0 Å². The number of hydrogen-bond acceptors (Lipinski definition) is 4. The lowest BCUT2D eigenvalue weighted by atomic mass is 10.1. The highest BCUT2D eigenvalue weighted by Crippen LogP contribution is 2.19. The number of aromatic nitrogens is 3. The van der Waals surface area contributed by atoms with Crippen LogP contribution >= 0.6 is 24.0 Å². The first-order valence-corrected chi connectivity index (χ1v) is 8.72. The molecule has 148 valence electrons. The summed E-state index contributed by atoms with van der Waals surface area (Å²) in [7, 11) is 3.44. The Morgan fingerprint density at radius 2 is 1.96 bits per heavy atom. The predicted molar refractivity (Wildman–Crippen MR) is 122 cm³/mol. The average molecular weight is 492 g/mol. The molecule has 0 fully saturated rings. The monoisotopic (exact) mass is 492 g/mol. The maximum atomic E-state index is 5.46. The highest BCUT2D eigenvalue weighted by Gasteiger charge is 2.06. The van der Waals surface area contributed by atoms with Crippen LogP contribution in [0.5, 0.6) is 5.75 Å². The molecule has 0 unspecified atom stereocenters. The van der Waals surface area contributed by atoms with Gasteiger partial charge in [-0.2, -0.15) is 5.10 Å². The fourth-order valence-corrected chi connectivity index (χ4v) is 2.76. The van der Waals surface area contributed by atoms with Crippen molar-refractivity contribution in [3.8, 4) is 17.1 Å². The van der Waals surface area contributed by atoms with Gasteiger partial charge in [0.1, 0.15) is 12.1 Å². The first-order valence-electron chi connectivity index (χ1n) is 8.72. The molecule has 0 radical (unpaired) electrons. The number of aromatic amines is 1. The van der Waals surface area contributed by atoms with Crippen LogP contribution in [0, 0.1) is 6.92 Å². The third kappa shape index (κ3) is 5.69. The number of nitrogens with zero attached hydrogens (tertiary/aromatic N) is 3. The molecule has 3 rings (SSSR count). The molecule has 7 nitrogen and oxygen atoms in total. The van der Waals surface area contributed by atoms with Gasteiger partial charge in [-0.25, -0.2) is 4.98 Å². The Hall–Kier alpha value is -2.62. The maximum Gasteiger partial charge on any atom is 0.191 e. The van der Waals surface area contributed by atoms with Crippen LogP contribution in [0.1, 0.15) is 16.7 Å². The predicted octanol–water partition coefficient (Wildman–Crippen LogP) is 3.27. The fourth-order valence-electron chi connectivity index (χ4n) is 2.76. The molecule has 0 saturated carbocycles. The summed E-state index contributed by atoms with van der Waals surface area (Å²) in [5.41, 5.74) is 4.38. The van der Waals surface area contributed by atoms with Crippen LogP contribution < -0.4 is 15.4 Å². The van der Waals surface area contributed by atoms with Crippen molar-refractivity contribution in [3.63, 3.8) is 0 Å². The third-order valence-corrected chi connectivity index (χ3v) is 4.19. The second-order valence-corrected chi connectivity index (χ2v) is 6.13. The Bertz CT molecular complexity index is 911. The zero-order valence-electron chi connectivity index (χ0n) is 16.2. The lowest BCUT2D eigenvalue weighted by Gasteiger charge is -2.14. The van der Waals surface area contributed by atoms with Gasteiger partial charge in [0.05, 0.1) is 7.11 Å². The van der Waals surface area contributed by atoms with E-state index in [9.17, 15) is 0 Å². The molecule has 8 heteroatoms. The molecular formula is C20H25IN6O. The molecule has 0 aliphatic carbocycles. The van der Waals surface area contributed by atoms with Gasteiger partial charge in [0.2, 0.25) is 0 Å². The number of hydrogen-bond donors (Lipinski definition) is 3. The number of aryl methyl sites for hydroxylation is 1. The molecule has 3 aromatic rings. The van der Waals surface area contributed by atoms with Crippen molar-refractivity contribution in [3.05, 3.63) is 65.5 Å². The second-order valence-electron chi connectivity index (χ2n) is 6.13. The second kappa shape index (κ2) is 10.6. The number of H-pyrrole nitrogens is 1. The van der Waals surface area contributed by atoms with E-state index in [-0.39, 0.29) is 24.0 Å². The molecule has 0 amide bonds.